The van der Waals surface area contributed by atoms with Crippen molar-refractivity contribution < 1.29 is 14.3 Å². The van der Waals surface area contributed by atoms with Crippen molar-refractivity contribution in [3.63, 3.8) is 0 Å². The van der Waals surface area contributed by atoms with Crippen molar-refractivity contribution in [2.24, 2.45) is 0 Å². The van der Waals surface area contributed by atoms with Gasteiger partial charge >= 0.3 is 0 Å². The van der Waals surface area contributed by atoms with Crippen LogP contribution in [0.3, 0.4) is 0 Å². The summed E-state index contributed by atoms with van der Waals surface area (Å²) in [5.41, 5.74) is 2.40. The number of benzene rings is 2. The van der Waals surface area contributed by atoms with Gasteiger partial charge in [0.25, 0.3) is 5.91 Å². The predicted octanol–water partition coefficient (Wildman–Crippen LogP) is 2.34. The second kappa shape index (κ2) is 11.3. The average molecular weight is 411 g/mol. The maximum atomic E-state index is 13.1. The van der Waals surface area contributed by atoms with Gasteiger partial charge in [-0.3, -0.25) is 14.5 Å². The Hall–Kier alpha value is -2.90. The van der Waals surface area contributed by atoms with Crippen molar-refractivity contribution in [2.75, 3.05) is 58.3 Å². The lowest BCUT2D eigenvalue weighted by molar-refractivity contribution is -0.122. The van der Waals surface area contributed by atoms with Gasteiger partial charge in [-0.05, 0) is 30.7 Å². The zero-order valence-corrected chi connectivity index (χ0v) is 17.5. The van der Waals surface area contributed by atoms with Gasteiger partial charge in [0.05, 0.1) is 17.8 Å². The number of carbonyl (C=O) groups excluding carboxylic acids is 2. The highest BCUT2D eigenvalue weighted by molar-refractivity contribution is 6.00. The van der Waals surface area contributed by atoms with E-state index in [2.05, 4.69) is 15.5 Å². The van der Waals surface area contributed by atoms with Crippen molar-refractivity contribution in [1.82, 2.24) is 15.1 Å². The van der Waals surface area contributed by atoms with E-state index in [-0.39, 0.29) is 11.8 Å². The Bertz CT molecular complexity index is 820. The van der Waals surface area contributed by atoms with E-state index in [4.69, 9.17) is 4.74 Å². The van der Waals surface area contributed by atoms with Crippen LogP contribution in [-0.4, -0.2) is 74.6 Å². The molecule has 2 N–H and O–H groups in total. The van der Waals surface area contributed by atoms with Gasteiger partial charge in [-0.25, -0.2) is 0 Å². The third-order valence-corrected chi connectivity index (χ3v) is 5.08. The third-order valence-electron chi connectivity index (χ3n) is 5.08. The second-order valence-corrected chi connectivity index (χ2v) is 7.30. The second-order valence-electron chi connectivity index (χ2n) is 7.30. The maximum Gasteiger partial charge on any atom is 0.256 e. The Morgan fingerprint density at radius 2 is 1.67 bits per heavy atom. The molecule has 0 aliphatic carbocycles. The Morgan fingerprint density at radius 1 is 0.967 bits per heavy atom. The van der Waals surface area contributed by atoms with Gasteiger partial charge in [0.15, 0.2) is 0 Å². The van der Waals surface area contributed by atoms with Crippen molar-refractivity contribution in [3.05, 3.63) is 60.2 Å². The van der Waals surface area contributed by atoms with Gasteiger partial charge in [0, 0.05) is 52.1 Å². The van der Waals surface area contributed by atoms with E-state index in [0.29, 0.717) is 51.4 Å². The van der Waals surface area contributed by atoms with E-state index in [1.165, 1.54) is 0 Å². The molecule has 0 radical (unpaired) electrons. The molecule has 1 saturated heterocycles. The normalized spacial score (nSPS) is 14.4. The Morgan fingerprint density at radius 3 is 2.40 bits per heavy atom. The monoisotopic (exact) mass is 410 g/mol. The maximum absolute atomic E-state index is 13.1. The topological polar surface area (TPSA) is 73.9 Å². The summed E-state index contributed by atoms with van der Waals surface area (Å²) in [4.78, 5) is 29.1. The third kappa shape index (κ3) is 6.30. The lowest BCUT2D eigenvalue weighted by atomic mass is 10.1. The summed E-state index contributed by atoms with van der Waals surface area (Å²) in [7, 11) is 1.65. The molecule has 30 heavy (non-hydrogen) atoms. The number of nitrogens with one attached hydrogen (secondary N) is 2. The number of amides is 2. The molecule has 2 aromatic rings. The fourth-order valence-corrected chi connectivity index (χ4v) is 3.44. The number of carbonyl (C=O) groups is 2. The first kappa shape index (κ1) is 21.8. The highest BCUT2D eigenvalue weighted by atomic mass is 16.5. The number of hydrogen-bond acceptors (Lipinski definition) is 5. The molecule has 3 rings (SSSR count). The lowest BCUT2D eigenvalue weighted by Crippen LogP contribution is -2.51. The summed E-state index contributed by atoms with van der Waals surface area (Å²) < 4.78 is 4.98. The van der Waals surface area contributed by atoms with Crippen LogP contribution in [0.15, 0.2) is 54.6 Å². The zero-order valence-electron chi connectivity index (χ0n) is 17.5. The van der Waals surface area contributed by atoms with E-state index in [0.717, 1.165) is 17.8 Å². The highest BCUT2D eigenvalue weighted by Gasteiger charge is 2.24. The molecule has 2 aromatic carbocycles. The number of piperazine rings is 1. The van der Waals surface area contributed by atoms with E-state index >= 15 is 0 Å². The molecule has 1 aliphatic heterocycles. The van der Waals surface area contributed by atoms with Crippen molar-refractivity contribution in [3.8, 4) is 0 Å². The van der Waals surface area contributed by atoms with Gasteiger partial charge in [0.2, 0.25) is 5.91 Å². The number of rotatable bonds is 9. The number of methoxy groups -OCH3 is 1. The first-order valence-electron chi connectivity index (χ1n) is 10.4. The van der Waals surface area contributed by atoms with Crippen LogP contribution in [0.2, 0.25) is 0 Å². The first-order chi connectivity index (χ1) is 14.7. The molecule has 0 atom stereocenters. The molecule has 0 unspecified atom stereocenters. The average Bonchev–Trinajstić information content (AvgIpc) is 2.78. The number of para-hydroxylation sites is 2. The molecule has 0 aromatic heterocycles. The Balaban J connectivity index is 1.51. The van der Waals surface area contributed by atoms with Gasteiger partial charge < -0.3 is 20.3 Å². The van der Waals surface area contributed by atoms with E-state index < -0.39 is 0 Å². The van der Waals surface area contributed by atoms with Crippen LogP contribution >= 0.6 is 0 Å². The van der Waals surface area contributed by atoms with Crippen molar-refractivity contribution in [2.45, 2.75) is 6.42 Å². The van der Waals surface area contributed by atoms with Crippen LogP contribution in [0, 0.1) is 0 Å². The van der Waals surface area contributed by atoms with Crippen LogP contribution in [0.25, 0.3) is 0 Å². The smallest absolute Gasteiger partial charge is 0.256 e. The summed E-state index contributed by atoms with van der Waals surface area (Å²) in [5.74, 6) is 0.0287. The number of ether oxygens (including phenoxy) is 1. The minimum Gasteiger partial charge on any atom is -0.385 e. The fraction of sp³-hybridized carbons (Fsp3) is 0.391. The van der Waals surface area contributed by atoms with E-state index in [9.17, 15) is 9.59 Å². The molecule has 1 fully saturated rings. The Kier molecular flexibility index (Phi) is 8.23. The molecule has 1 heterocycles. The number of nitrogens with zero attached hydrogens (tertiary/aromatic N) is 2. The molecular weight excluding hydrogens is 380 g/mol. The van der Waals surface area contributed by atoms with Crippen LogP contribution in [0.4, 0.5) is 11.4 Å². The SMILES string of the molecule is COCCCNC(=O)CN1CCN(C(=O)c2ccccc2Nc2ccccc2)CC1. The quantitative estimate of drug-likeness (QED) is 0.621. The predicted molar refractivity (Wildman–Crippen MR) is 118 cm³/mol. The van der Waals surface area contributed by atoms with E-state index in [1.54, 1.807) is 7.11 Å². The van der Waals surface area contributed by atoms with Crippen molar-refractivity contribution >= 4 is 23.2 Å². The Labute approximate surface area is 178 Å². The largest absolute Gasteiger partial charge is 0.385 e. The van der Waals surface area contributed by atoms with Crippen LogP contribution < -0.4 is 10.6 Å². The van der Waals surface area contributed by atoms with Crippen molar-refractivity contribution in [1.29, 1.82) is 0 Å². The molecule has 0 spiro atoms. The van der Waals surface area contributed by atoms with Gasteiger partial charge in [-0.15, -0.1) is 0 Å². The molecule has 2 amide bonds. The van der Waals surface area contributed by atoms with Crippen LogP contribution in [-0.2, 0) is 9.53 Å². The number of anilines is 2. The molecule has 7 nitrogen and oxygen atoms in total. The minimum atomic E-state index is 0.0118. The number of hydrogen-bond donors (Lipinski definition) is 2. The molecule has 160 valence electrons. The molecule has 1 aliphatic rings. The first-order valence-corrected chi connectivity index (χ1v) is 10.4. The lowest BCUT2D eigenvalue weighted by Gasteiger charge is -2.34. The summed E-state index contributed by atoms with van der Waals surface area (Å²) in [6.45, 7) is 4.21. The molecular formula is C23H30N4O3. The zero-order chi connectivity index (χ0) is 21.2. The minimum absolute atomic E-state index is 0.0118. The molecule has 0 saturated carbocycles. The highest BCUT2D eigenvalue weighted by Crippen LogP contribution is 2.22. The van der Waals surface area contributed by atoms with Gasteiger partial charge in [-0.1, -0.05) is 30.3 Å². The molecule has 0 bridgehead atoms. The summed E-state index contributed by atoms with van der Waals surface area (Å²) in [6, 6.07) is 17.4. The van der Waals surface area contributed by atoms with Gasteiger partial charge in [0.1, 0.15) is 0 Å². The summed E-state index contributed by atoms with van der Waals surface area (Å²) in [5, 5.41) is 6.24. The standard InChI is InChI=1S/C23H30N4O3/c1-30-17-7-12-24-22(28)18-26-13-15-27(16-14-26)23(29)20-10-5-6-11-21(20)25-19-8-3-2-4-9-19/h2-6,8-11,25H,7,12-18H2,1H3,(H,24,28). The van der Waals surface area contributed by atoms with E-state index in [1.807, 2.05) is 59.5 Å². The molecule has 7 heteroatoms. The van der Waals surface area contributed by atoms with Crippen LogP contribution in [0.1, 0.15) is 16.8 Å². The summed E-state index contributed by atoms with van der Waals surface area (Å²) in [6.07, 6.45) is 0.806. The fourth-order valence-electron chi connectivity index (χ4n) is 3.44. The van der Waals surface area contributed by atoms with Gasteiger partial charge in [-0.2, -0.15) is 0 Å². The van der Waals surface area contributed by atoms with Crippen LogP contribution in [0.5, 0.6) is 0 Å². The summed E-state index contributed by atoms with van der Waals surface area (Å²) >= 11 is 0.